The van der Waals surface area contributed by atoms with Gasteiger partial charge in [0.1, 0.15) is 11.5 Å². The second-order valence-corrected chi connectivity index (χ2v) is 3.91. The third-order valence-electron chi connectivity index (χ3n) is 2.83. The van der Waals surface area contributed by atoms with Crippen LogP contribution in [0.15, 0.2) is 18.2 Å². The number of hydrogen-bond acceptors (Lipinski definition) is 3. The van der Waals surface area contributed by atoms with Crippen LogP contribution in [0.5, 0.6) is 11.5 Å². The van der Waals surface area contributed by atoms with E-state index in [1.54, 1.807) is 14.2 Å². The van der Waals surface area contributed by atoms with Crippen LogP contribution in [0.2, 0.25) is 0 Å². The van der Waals surface area contributed by atoms with Crippen LogP contribution in [0.4, 0.5) is 0 Å². The summed E-state index contributed by atoms with van der Waals surface area (Å²) in [5.41, 5.74) is 1.23. The number of ether oxygens (including phenoxy) is 2. The number of benzene rings is 1. The van der Waals surface area contributed by atoms with Crippen molar-refractivity contribution < 1.29 is 9.47 Å². The quantitative estimate of drug-likeness (QED) is 0.802. The van der Waals surface area contributed by atoms with E-state index in [0.29, 0.717) is 6.04 Å². The van der Waals surface area contributed by atoms with Gasteiger partial charge in [0, 0.05) is 12.1 Å². The summed E-state index contributed by atoms with van der Waals surface area (Å²) >= 11 is 0. The summed E-state index contributed by atoms with van der Waals surface area (Å²) < 4.78 is 10.5. The van der Waals surface area contributed by atoms with Crippen LogP contribution < -0.4 is 14.8 Å². The van der Waals surface area contributed by atoms with Gasteiger partial charge >= 0.3 is 0 Å². The largest absolute Gasteiger partial charge is 0.497 e. The van der Waals surface area contributed by atoms with E-state index in [1.165, 1.54) is 5.56 Å². The Kier molecular flexibility index (Phi) is 5.12. The lowest BCUT2D eigenvalue weighted by molar-refractivity contribution is 0.390. The van der Waals surface area contributed by atoms with Gasteiger partial charge in [-0.3, -0.25) is 0 Å². The molecule has 0 aliphatic heterocycles. The predicted octanol–water partition coefficient (Wildman–Crippen LogP) is 2.24. The molecule has 0 bridgehead atoms. The van der Waals surface area contributed by atoms with Crippen LogP contribution in [-0.2, 0) is 6.42 Å². The highest BCUT2D eigenvalue weighted by atomic mass is 16.5. The van der Waals surface area contributed by atoms with Gasteiger partial charge in [0.2, 0.25) is 0 Å². The zero-order chi connectivity index (χ0) is 12.0. The van der Waals surface area contributed by atoms with E-state index in [-0.39, 0.29) is 0 Å². The monoisotopic (exact) mass is 223 g/mol. The summed E-state index contributed by atoms with van der Waals surface area (Å²) in [6, 6.07) is 6.49. The smallest absolute Gasteiger partial charge is 0.125 e. The molecule has 0 aliphatic carbocycles. The first-order valence-electron chi connectivity index (χ1n) is 5.59. The molecule has 0 saturated heterocycles. The third-order valence-corrected chi connectivity index (χ3v) is 2.83. The highest BCUT2D eigenvalue weighted by molar-refractivity contribution is 5.40. The number of rotatable bonds is 6. The molecule has 16 heavy (non-hydrogen) atoms. The van der Waals surface area contributed by atoms with Crippen molar-refractivity contribution in [3.05, 3.63) is 23.8 Å². The average Bonchev–Trinajstić information content (AvgIpc) is 2.35. The predicted molar refractivity (Wildman–Crippen MR) is 66.4 cm³/mol. The Morgan fingerprint density at radius 2 is 2.00 bits per heavy atom. The topological polar surface area (TPSA) is 30.5 Å². The summed E-state index contributed by atoms with van der Waals surface area (Å²) in [6.45, 7) is 2.18. The average molecular weight is 223 g/mol. The number of hydrogen-bond donors (Lipinski definition) is 1. The molecule has 0 amide bonds. The second kappa shape index (κ2) is 6.38. The highest BCUT2D eigenvalue weighted by Crippen LogP contribution is 2.25. The van der Waals surface area contributed by atoms with E-state index in [4.69, 9.17) is 9.47 Å². The first kappa shape index (κ1) is 12.8. The van der Waals surface area contributed by atoms with Crippen LogP contribution in [0.3, 0.4) is 0 Å². The Balaban J connectivity index is 2.71. The molecule has 0 aliphatic rings. The molecule has 0 saturated carbocycles. The molecule has 1 atom stereocenters. The van der Waals surface area contributed by atoms with Gasteiger partial charge in [-0.1, -0.05) is 6.07 Å². The Labute approximate surface area is 97.8 Å². The van der Waals surface area contributed by atoms with Gasteiger partial charge in [-0.05, 0) is 38.4 Å². The molecule has 3 heteroatoms. The first-order valence-corrected chi connectivity index (χ1v) is 5.59. The Morgan fingerprint density at radius 1 is 1.25 bits per heavy atom. The van der Waals surface area contributed by atoms with E-state index in [1.807, 2.05) is 19.2 Å². The van der Waals surface area contributed by atoms with Crippen molar-refractivity contribution in [2.45, 2.75) is 25.8 Å². The van der Waals surface area contributed by atoms with E-state index < -0.39 is 0 Å². The molecule has 0 heterocycles. The summed E-state index contributed by atoms with van der Waals surface area (Å²) in [7, 11) is 5.34. The molecule has 0 fully saturated rings. The van der Waals surface area contributed by atoms with Crippen molar-refractivity contribution in [1.82, 2.24) is 5.32 Å². The minimum Gasteiger partial charge on any atom is -0.497 e. The molecular formula is C13H21NO2. The lowest BCUT2D eigenvalue weighted by Crippen LogP contribution is -2.21. The van der Waals surface area contributed by atoms with Crippen molar-refractivity contribution in [2.24, 2.45) is 0 Å². The van der Waals surface area contributed by atoms with Crippen LogP contribution in [0, 0.1) is 0 Å². The van der Waals surface area contributed by atoms with Gasteiger partial charge < -0.3 is 14.8 Å². The van der Waals surface area contributed by atoms with Gasteiger partial charge in [0.15, 0.2) is 0 Å². The zero-order valence-corrected chi connectivity index (χ0v) is 10.5. The van der Waals surface area contributed by atoms with E-state index in [9.17, 15) is 0 Å². The lowest BCUT2D eigenvalue weighted by atomic mass is 10.0. The van der Waals surface area contributed by atoms with Gasteiger partial charge in [-0.15, -0.1) is 0 Å². The SMILES string of the molecule is CNC(C)CCc1ccc(OC)cc1OC. The Bertz CT molecular complexity index is 326. The maximum Gasteiger partial charge on any atom is 0.125 e. The van der Waals surface area contributed by atoms with E-state index in [2.05, 4.69) is 18.3 Å². The first-order chi connectivity index (χ1) is 7.71. The summed E-state index contributed by atoms with van der Waals surface area (Å²) in [5, 5.41) is 3.23. The fourth-order valence-corrected chi connectivity index (χ4v) is 1.57. The summed E-state index contributed by atoms with van der Waals surface area (Å²) in [6.07, 6.45) is 2.11. The fourth-order valence-electron chi connectivity index (χ4n) is 1.57. The molecule has 0 radical (unpaired) electrons. The van der Waals surface area contributed by atoms with Crippen molar-refractivity contribution in [2.75, 3.05) is 21.3 Å². The lowest BCUT2D eigenvalue weighted by Gasteiger charge is -2.13. The Morgan fingerprint density at radius 3 is 2.56 bits per heavy atom. The van der Waals surface area contributed by atoms with Gasteiger partial charge in [0.25, 0.3) is 0 Å². The molecule has 1 aromatic rings. The molecule has 3 nitrogen and oxygen atoms in total. The maximum atomic E-state index is 5.35. The van der Waals surface area contributed by atoms with Crippen LogP contribution in [0.1, 0.15) is 18.9 Å². The maximum absolute atomic E-state index is 5.35. The second-order valence-electron chi connectivity index (χ2n) is 3.91. The highest BCUT2D eigenvalue weighted by Gasteiger charge is 2.06. The molecule has 1 aromatic carbocycles. The van der Waals surface area contributed by atoms with Gasteiger partial charge in [-0.2, -0.15) is 0 Å². The van der Waals surface area contributed by atoms with Crippen molar-refractivity contribution in [1.29, 1.82) is 0 Å². The number of aryl methyl sites for hydroxylation is 1. The number of nitrogens with one attached hydrogen (secondary N) is 1. The van der Waals surface area contributed by atoms with Crippen LogP contribution >= 0.6 is 0 Å². The van der Waals surface area contributed by atoms with Crippen molar-refractivity contribution >= 4 is 0 Å². The van der Waals surface area contributed by atoms with Crippen LogP contribution in [0.25, 0.3) is 0 Å². The van der Waals surface area contributed by atoms with Crippen LogP contribution in [-0.4, -0.2) is 27.3 Å². The summed E-state index contributed by atoms with van der Waals surface area (Å²) in [5.74, 6) is 1.74. The molecule has 0 spiro atoms. The molecule has 1 rings (SSSR count). The van der Waals surface area contributed by atoms with E-state index in [0.717, 1.165) is 24.3 Å². The minimum atomic E-state index is 0.520. The molecule has 1 unspecified atom stereocenters. The minimum absolute atomic E-state index is 0.520. The van der Waals surface area contributed by atoms with Crippen molar-refractivity contribution in [3.63, 3.8) is 0 Å². The molecule has 1 N–H and O–H groups in total. The third kappa shape index (κ3) is 3.42. The normalized spacial score (nSPS) is 12.2. The van der Waals surface area contributed by atoms with Crippen molar-refractivity contribution in [3.8, 4) is 11.5 Å². The Hall–Kier alpha value is -1.22. The molecule has 90 valence electrons. The zero-order valence-electron chi connectivity index (χ0n) is 10.5. The molecule has 0 aromatic heterocycles. The number of methoxy groups -OCH3 is 2. The fraction of sp³-hybridized carbons (Fsp3) is 0.538. The van der Waals surface area contributed by atoms with E-state index >= 15 is 0 Å². The summed E-state index contributed by atoms with van der Waals surface area (Å²) in [4.78, 5) is 0. The molecular weight excluding hydrogens is 202 g/mol. The van der Waals surface area contributed by atoms with Gasteiger partial charge in [0.05, 0.1) is 14.2 Å². The standard InChI is InChI=1S/C13H21NO2/c1-10(14-2)5-6-11-7-8-12(15-3)9-13(11)16-4/h7-10,14H,5-6H2,1-4H3. The van der Waals surface area contributed by atoms with Gasteiger partial charge in [-0.25, -0.2) is 0 Å².